The van der Waals surface area contributed by atoms with E-state index in [9.17, 15) is 0 Å². The minimum Gasteiger partial charge on any atom is -0.298 e. The summed E-state index contributed by atoms with van der Waals surface area (Å²) in [6.45, 7) is 7.55. The third-order valence-corrected chi connectivity index (χ3v) is 4.18. The minimum atomic E-state index is 0.388. The van der Waals surface area contributed by atoms with Crippen molar-refractivity contribution in [3.05, 3.63) is 47.5 Å². The number of H-pyrrole nitrogens is 1. The Balaban J connectivity index is 1.65. The fourth-order valence-corrected chi connectivity index (χ4v) is 2.99. The number of aromatic nitrogens is 3. The second-order valence-electron chi connectivity index (χ2n) is 6.29. The first-order valence-electron chi connectivity index (χ1n) is 7.91. The first-order valence-corrected chi connectivity index (χ1v) is 7.91. The molecule has 0 spiro atoms. The summed E-state index contributed by atoms with van der Waals surface area (Å²) in [5, 5.41) is 7.50. The zero-order chi connectivity index (χ0) is 14.7. The third-order valence-electron chi connectivity index (χ3n) is 4.18. The maximum Gasteiger partial charge on any atom is 0.153 e. The van der Waals surface area contributed by atoms with Crippen LogP contribution in [0.3, 0.4) is 0 Å². The predicted octanol–water partition coefficient (Wildman–Crippen LogP) is 3.31. The highest BCUT2D eigenvalue weighted by Crippen LogP contribution is 2.26. The van der Waals surface area contributed by atoms with Crippen molar-refractivity contribution in [2.45, 2.75) is 45.1 Å². The summed E-state index contributed by atoms with van der Waals surface area (Å²) in [6.07, 6.45) is 2.44. The molecule has 1 aliphatic heterocycles. The van der Waals surface area contributed by atoms with Crippen molar-refractivity contribution in [2.75, 3.05) is 13.1 Å². The van der Waals surface area contributed by atoms with Gasteiger partial charge in [-0.15, -0.1) is 0 Å². The predicted molar refractivity (Wildman–Crippen MR) is 84.2 cm³/mol. The minimum absolute atomic E-state index is 0.388. The van der Waals surface area contributed by atoms with Crippen molar-refractivity contribution in [3.63, 3.8) is 0 Å². The SMILES string of the molecule is CC(C)c1n[nH]c(C2CCCN(Cc3ccccc3)C2)n1. The van der Waals surface area contributed by atoms with Crippen LogP contribution in [0.2, 0.25) is 0 Å². The zero-order valence-corrected chi connectivity index (χ0v) is 12.9. The molecule has 3 rings (SSSR count). The van der Waals surface area contributed by atoms with E-state index in [2.05, 4.69) is 64.3 Å². The van der Waals surface area contributed by atoms with E-state index < -0.39 is 0 Å². The first-order chi connectivity index (χ1) is 10.2. The lowest BCUT2D eigenvalue weighted by molar-refractivity contribution is 0.196. The summed E-state index contributed by atoms with van der Waals surface area (Å²) in [6, 6.07) is 10.7. The molecule has 0 aliphatic carbocycles. The Hall–Kier alpha value is -1.68. The number of likely N-dealkylation sites (tertiary alicyclic amines) is 1. The summed E-state index contributed by atoms with van der Waals surface area (Å²) < 4.78 is 0. The van der Waals surface area contributed by atoms with Gasteiger partial charge in [-0.3, -0.25) is 10.00 Å². The van der Waals surface area contributed by atoms with Crippen LogP contribution in [-0.4, -0.2) is 33.2 Å². The molecular formula is C17H24N4. The fourth-order valence-electron chi connectivity index (χ4n) is 2.99. The van der Waals surface area contributed by atoms with Crippen LogP contribution in [0.25, 0.3) is 0 Å². The Morgan fingerprint density at radius 2 is 2.10 bits per heavy atom. The molecule has 0 saturated carbocycles. The first kappa shape index (κ1) is 14.3. The van der Waals surface area contributed by atoms with Crippen LogP contribution in [0.1, 0.15) is 55.7 Å². The van der Waals surface area contributed by atoms with Gasteiger partial charge < -0.3 is 0 Å². The molecule has 1 unspecified atom stereocenters. The van der Waals surface area contributed by atoms with E-state index in [-0.39, 0.29) is 0 Å². The maximum atomic E-state index is 4.68. The van der Waals surface area contributed by atoms with Gasteiger partial charge in [0.15, 0.2) is 5.82 Å². The normalized spacial score (nSPS) is 20.0. The van der Waals surface area contributed by atoms with E-state index in [0.717, 1.165) is 24.7 Å². The van der Waals surface area contributed by atoms with Crippen LogP contribution in [0.5, 0.6) is 0 Å². The lowest BCUT2D eigenvalue weighted by Crippen LogP contribution is -2.34. The van der Waals surface area contributed by atoms with Gasteiger partial charge in [0, 0.05) is 24.9 Å². The summed E-state index contributed by atoms with van der Waals surface area (Å²) in [5.41, 5.74) is 1.39. The highest BCUT2D eigenvalue weighted by atomic mass is 15.2. The van der Waals surface area contributed by atoms with E-state index in [1.54, 1.807) is 0 Å². The number of benzene rings is 1. The Labute approximate surface area is 126 Å². The van der Waals surface area contributed by atoms with Crippen molar-refractivity contribution >= 4 is 0 Å². The van der Waals surface area contributed by atoms with Gasteiger partial charge in [0.05, 0.1) is 0 Å². The molecule has 1 aliphatic rings. The third kappa shape index (κ3) is 3.50. The standard InChI is InChI=1S/C17H24N4/c1-13(2)16-18-17(20-19-16)15-9-6-10-21(12-15)11-14-7-4-3-5-8-14/h3-5,7-8,13,15H,6,9-12H2,1-2H3,(H,18,19,20). The monoisotopic (exact) mass is 284 g/mol. The Kier molecular flexibility index (Phi) is 4.34. The topological polar surface area (TPSA) is 44.8 Å². The molecule has 1 aromatic heterocycles. The Morgan fingerprint density at radius 3 is 2.81 bits per heavy atom. The average molecular weight is 284 g/mol. The van der Waals surface area contributed by atoms with Gasteiger partial charge in [-0.25, -0.2) is 4.98 Å². The average Bonchev–Trinajstić information content (AvgIpc) is 2.99. The van der Waals surface area contributed by atoms with Gasteiger partial charge in [0.25, 0.3) is 0 Å². The van der Waals surface area contributed by atoms with Gasteiger partial charge in [0.2, 0.25) is 0 Å². The van der Waals surface area contributed by atoms with E-state index in [4.69, 9.17) is 0 Å². The van der Waals surface area contributed by atoms with Gasteiger partial charge in [0.1, 0.15) is 5.82 Å². The van der Waals surface area contributed by atoms with Crippen molar-refractivity contribution in [3.8, 4) is 0 Å². The Morgan fingerprint density at radius 1 is 1.29 bits per heavy atom. The smallest absolute Gasteiger partial charge is 0.153 e. The molecule has 1 N–H and O–H groups in total. The molecule has 2 aromatic rings. The number of nitrogens with zero attached hydrogens (tertiary/aromatic N) is 3. The molecule has 1 saturated heterocycles. The van der Waals surface area contributed by atoms with Crippen LogP contribution in [0, 0.1) is 0 Å². The largest absolute Gasteiger partial charge is 0.298 e. The molecule has 0 radical (unpaired) electrons. The van der Waals surface area contributed by atoms with Crippen LogP contribution in [0.15, 0.2) is 30.3 Å². The van der Waals surface area contributed by atoms with Crippen LogP contribution < -0.4 is 0 Å². The summed E-state index contributed by atoms with van der Waals surface area (Å²) in [7, 11) is 0. The lowest BCUT2D eigenvalue weighted by atomic mass is 9.97. The van der Waals surface area contributed by atoms with E-state index in [1.807, 2.05) is 0 Å². The van der Waals surface area contributed by atoms with Crippen LogP contribution in [-0.2, 0) is 6.54 Å². The Bertz CT molecular complexity index is 561. The van der Waals surface area contributed by atoms with Gasteiger partial charge in [-0.05, 0) is 24.9 Å². The fraction of sp³-hybridized carbons (Fsp3) is 0.529. The van der Waals surface area contributed by atoms with Crippen molar-refractivity contribution in [1.82, 2.24) is 20.1 Å². The molecule has 0 amide bonds. The summed E-state index contributed by atoms with van der Waals surface area (Å²) >= 11 is 0. The molecule has 4 nitrogen and oxygen atoms in total. The molecule has 4 heteroatoms. The molecule has 21 heavy (non-hydrogen) atoms. The van der Waals surface area contributed by atoms with Crippen LogP contribution in [0.4, 0.5) is 0 Å². The number of piperidine rings is 1. The number of hydrogen-bond donors (Lipinski definition) is 1. The molecule has 1 atom stereocenters. The zero-order valence-electron chi connectivity index (χ0n) is 12.9. The van der Waals surface area contributed by atoms with E-state index in [1.165, 1.54) is 24.9 Å². The van der Waals surface area contributed by atoms with Crippen molar-refractivity contribution < 1.29 is 0 Å². The molecule has 1 fully saturated rings. The summed E-state index contributed by atoms with van der Waals surface area (Å²) in [5.74, 6) is 2.88. The second kappa shape index (κ2) is 6.39. The highest BCUT2D eigenvalue weighted by Gasteiger charge is 2.24. The van der Waals surface area contributed by atoms with Crippen molar-refractivity contribution in [1.29, 1.82) is 0 Å². The number of aromatic amines is 1. The molecule has 0 bridgehead atoms. The van der Waals surface area contributed by atoms with E-state index in [0.29, 0.717) is 11.8 Å². The molecular weight excluding hydrogens is 260 g/mol. The molecule has 2 heterocycles. The highest BCUT2D eigenvalue weighted by molar-refractivity contribution is 5.15. The van der Waals surface area contributed by atoms with Gasteiger partial charge in [-0.2, -0.15) is 5.10 Å². The second-order valence-corrected chi connectivity index (χ2v) is 6.29. The number of hydrogen-bond acceptors (Lipinski definition) is 3. The quantitative estimate of drug-likeness (QED) is 0.937. The molecule has 112 valence electrons. The van der Waals surface area contributed by atoms with Gasteiger partial charge >= 0.3 is 0 Å². The number of nitrogens with one attached hydrogen (secondary N) is 1. The van der Waals surface area contributed by atoms with Crippen LogP contribution >= 0.6 is 0 Å². The number of rotatable bonds is 4. The van der Waals surface area contributed by atoms with Crippen molar-refractivity contribution in [2.24, 2.45) is 0 Å². The summed E-state index contributed by atoms with van der Waals surface area (Å²) in [4.78, 5) is 7.21. The lowest BCUT2D eigenvalue weighted by Gasteiger charge is -2.31. The molecule has 1 aromatic carbocycles. The van der Waals surface area contributed by atoms with Gasteiger partial charge in [-0.1, -0.05) is 44.2 Å². The maximum absolute atomic E-state index is 4.68. The van der Waals surface area contributed by atoms with E-state index >= 15 is 0 Å².